The number of carbonyl (C=O) groups is 1. The smallest absolute Gasteiger partial charge is 0.251 e. The number of hydrogen-bond acceptors (Lipinski definition) is 2. The van der Waals surface area contributed by atoms with Gasteiger partial charge in [0.15, 0.2) is 0 Å². The van der Waals surface area contributed by atoms with Gasteiger partial charge in [0, 0.05) is 19.3 Å². The van der Waals surface area contributed by atoms with E-state index in [1.165, 1.54) is 0 Å². The van der Waals surface area contributed by atoms with Crippen molar-refractivity contribution in [2.45, 2.75) is 25.2 Å². The molecule has 0 radical (unpaired) electrons. The third-order valence-electron chi connectivity index (χ3n) is 1.91. The van der Waals surface area contributed by atoms with Crippen molar-refractivity contribution in [2.75, 3.05) is 0 Å². The summed E-state index contributed by atoms with van der Waals surface area (Å²) in [6.07, 6.45) is -0.470. The van der Waals surface area contributed by atoms with Crippen LogP contribution in [0.15, 0.2) is 0 Å². The van der Waals surface area contributed by atoms with Gasteiger partial charge < -0.3 is 4.79 Å². The first-order valence-corrected chi connectivity index (χ1v) is 3.26. The highest BCUT2D eigenvalue weighted by Crippen LogP contribution is 2.53. The molecule has 0 saturated heterocycles. The Bertz CT molecular complexity index is 211. The normalized spacial score (nSPS) is 24.8. The molecule has 1 saturated carbocycles. The van der Waals surface area contributed by atoms with Gasteiger partial charge in [-0.25, -0.2) is 8.78 Å². The van der Waals surface area contributed by atoms with Crippen LogP contribution in [0, 0.1) is 16.7 Å². The molecule has 4 heteroatoms. The van der Waals surface area contributed by atoms with Crippen LogP contribution < -0.4 is 0 Å². The number of carbonyl (C=O) groups excluding carboxylic acids is 1. The summed E-state index contributed by atoms with van der Waals surface area (Å²) in [5.74, 6) is -2.72. The van der Waals surface area contributed by atoms with E-state index in [4.69, 9.17) is 5.26 Å². The molecule has 0 aliphatic heterocycles. The van der Waals surface area contributed by atoms with Crippen molar-refractivity contribution in [2.24, 2.45) is 5.41 Å². The van der Waals surface area contributed by atoms with Crippen LogP contribution in [0.2, 0.25) is 0 Å². The monoisotopic (exact) mass is 159 g/mol. The molecule has 0 amide bonds. The van der Waals surface area contributed by atoms with Gasteiger partial charge in [-0.05, 0) is 0 Å². The van der Waals surface area contributed by atoms with Crippen molar-refractivity contribution in [1.82, 2.24) is 0 Å². The van der Waals surface area contributed by atoms with Gasteiger partial charge in [0.05, 0.1) is 11.5 Å². The summed E-state index contributed by atoms with van der Waals surface area (Å²) >= 11 is 0. The number of alkyl halides is 2. The Hall–Kier alpha value is -0.980. The van der Waals surface area contributed by atoms with Crippen molar-refractivity contribution < 1.29 is 13.6 Å². The highest BCUT2D eigenvalue weighted by atomic mass is 19.3. The SMILES string of the molecule is N#CC1(CC=O)CC(F)(F)C1. The van der Waals surface area contributed by atoms with Crippen molar-refractivity contribution in [3.63, 3.8) is 0 Å². The van der Waals surface area contributed by atoms with Gasteiger partial charge in [-0.3, -0.25) is 0 Å². The standard InChI is InChI=1S/C7H7F2NO/c8-7(9)3-6(4-7,5-10)1-2-11/h2H,1,3-4H2. The summed E-state index contributed by atoms with van der Waals surface area (Å²) in [6.45, 7) is 0. The minimum atomic E-state index is -2.72. The molecule has 0 unspecified atom stereocenters. The van der Waals surface area contributed by atoms with E-state index in [1.54, 1.807) is 6.07 Å². The van der Waals surface area contributed by atoms with Crippen LogP contribution >= 0.6 is 0 Å². The molecule has 0 aromatic heterocycles. The molecule has 0 atom stereocenters. The lowest BCUT2D eigenvalue weighted by molar-refractivity contribution is -0.144. The van der Waals surface area contributed by atoms with Crippen molar-refractivity contribution in [1.29, 1.82) is 5.26 Å². The average molecular weight is 159 g/mol. The molecule has 1 fully saturated rings. The van der Waals surface area contributed by atoms with Crippen LogP contribution in [0.3, 0.4) is 0 Å². The highest BCUT2D eigenvalue weighted by Gasteiger charge is 2.56. The molecular formula is C7H7F2NO. The molecule has 0 aromatic carbocycles. The summed E-state index contributed by atoms with van der Waals surface area (Å²) in [5, 5.41) is 8.46. The number of halogens is 2. The summed E-state index contributed by atoms with van der Waals surface area (Å²) in [6, 6.07) is 1.76. The van der Waals surface area contributed by atoms with E-state index in [0.29, 0.717) is 6.29 Å². The molecule has 0 N–H and O–H groups in total. The van der Waals surface area contributed by atoms with Crippen LogP contribution in [0.1, 0.15) is 19.3 Å². The zero-order valence-electron chi connectivity index (χ0n) is 5.81. The Morgan fingerprint density at radius 3 is 2.36 bits per heavy atom. The molecule has 1 rings (SSSR count). The van der Waals surface area contributed by atoms with E-state index in [1.807, 2.05) is 0 Å². The first-order chi connectivity index (χ1) is 5.04. The summed E-state index contributed by atoms with van der Waals surface area (Å²) in [7, 11) is 0. The molecule has 0 heterocycles. The number of hydrogen-bond donors (Lipinski definition) is 0. The fourth-order valence-electron chi connectivity index (χ4n) is 1.37. The Balaban J connectivity index is 2.58. The average Bonchev–Trinajstić information content (AvgIpc) is 1.84. The van der Waals surface area contributed by atoms with Gasteiger partial charge in [-0.1, -0.05) is 0 Å². The Morgan fingerprint density at radius 1 is 1.55 bits per heavy atom. The second kappa shape index (κ2) is 2.26. The molecule has 60 valence electrons. The Labute approximate surface area is 62.8 Å². The zero-order valence-corrected chi connectivity index (χ0v) is 5.81. The van der Waals surface area contributed by atoms with E-state index >= 15 is 0 Å². The van der Waals surface area contributed by atoms with Crippen LogP contribution in [0.5, 0.6) is 0 Å². The van der Waals surface area contributed by atoms with Crippen LogP contribution in [0.25, 0.3) is 0 Å². The molecule has 2 nitrogen and oxygen atoms in total. The first-order valence-electron chi connectivity index (χ1n) is 3.26. The van der Waals surface area contributed by atoms with Gasteiger partial charge in [-0.15, -0.1) is 0 Å². The fraction of sp³-hybridized carbons (Fsp3) is 0.714. The number of aldehydes is 1. The Kier molecular flexibility index (Phi) is 1.67. The maximum absolute atomic E-state index is 12.3. The van der Waals surface area contributed by atoms with Crippen molar-refractivity contribution >= 4 is 6.29 Å². The van der Waals surface area contributed by atoms with Gasteiger partial charge in [0.25, 0.3) is 5.92 Å². The molecular weight excluding hydrogens is 152 g/mol. The first kappa shape index (κ1) is 8.12. The lowest BCUT2D eigenvalue weighted by Crippen LogP contribution is -2.45. The Morgan fingerprint density at radius 2 is 2.09 bits per heavy atom. The van der Waals surface area contributed by atoms with Crippen LogP contribution in [-0.4, -0.2) is 12.2 Å². The molecule has 0 aromatic rings. The van der Waals surface area contributed by atoms with Gasteiger partial charge in [0.1, 0.15) is 6.29 Å². The predicted octanol–water partition coefficient (Wildman–Crippen LogP) is 1.51. The van der Waals surface area contributed by atoms with E-state index in [-0.39, 0.29) is 6.42 Å². The maximum atomic E-state index is 12.3. The number of nitrogens with zero attached hydrogens (tertiary/aromatic N) is 1. The summed E-state index contributed by atoms with van der Waals surface area (Å²) in [4.78, 5) is 9.99. The summed E-state index contributed by atoms with van der Waals surface area (Å²) < 4.78 is 24.6. The van der Waals surface area contributed by atoms with Crippen molar-refractivity contribution in [3.05, 3.63) is 0 Å². The van der Waals surface area contributed by atoms with Gasteiger partial charge in [0.2, 0.25) is 0 Å². The number of nitriles is 1. The minimum absolute atomic E-state index is 0.0703. The second-order valence-electron chi connectivity index (χ2n) is 2.97. The molecule has 1 aliphatic carbocycles. The third kappa shape index (κ3) is 1.37. The maximum Gasteiger partial charge on any atom is 0.251 e. The summed E-state index contributed by atoms with van der Waals surface area (Å²) in [5.41, 5.74) is -1.06. The largest absolute Gasteiger partial charge is 0.303 e. The lowest BCUT2D eigenvalue weighted by atomic mass is 9.65. The van der Waals surface area contributed by atoms with E-state index in [2.05, 4.69) is 0 Å². The fourth-order valence-corrected chi connectivity index (χ4v) is 1.37. The zero-order chi connectivity index (χ0) is 8.54. The molecule has 11 heavy (non-hydrogen) atoms. The van der Waals surface area contributed by atoms with E-state index in [9.17, 15) is 13.6 Å². The minimum Gasteiger partial charge on any atom is -0.303 e. The third-order valence-corrected chi connectivity index (χ3v) is 1.91. The highest BCUT2D eigenvalue weighted by molar-refractivity contribution is 5.52. The number of rotatable bonds is 2. The van der Waals surface area contributed by atoms with E-state index in [0.717, 1.165) is 0 Å². The van der Waals surface area contributed by atoms with Gasteiger partial charge >= 0.3 is 0 Å². The van der Waals surface area contributed by atoms with Crippen LogP contribution in [-0.2, 0) is 4.79 Å². The predicted molar refractivity (Wildman–Crippen MR) is 32.9 cm³/mol. The quantitative estimate of drug-likeness (QED) is 0.573. The lowest BCUT2D eigenvalue weighted by Gasteiger charge is -2.40. The second-order valence-corrected chi connectivity index (χ2v) is 2.97. The van der Waals surface area contributed by atoms with Gasteiger partial charge in [-0.2, -0.15) is 5.26 Å². The van der Waals surface area contributed by atoms with Crippen molar-refractivity contribution in [3.8, 4) is 6.07 Å². The molecule has 1 aliphatic rings. The molecule has 0 spiro atoms. The molecule has 0 bridgehead atoms. The van der Waals surface area contributed by atoms with Crippen LogP contribution in [0.4, 0.5) is 8.78 Å². The topological polar surface area (TPSA) is 40.9 Å². The van der Waals surface area contributed by atoms with E-state index < -0.39 is 24.2 Å².